The molecule has 20 heavy (non-hydrogen) atoms. The van der Waals surface area contributed by atoms with E-state index in [2.05, 4.69) is 32.0 Å². The molecule has 114 valence electrons. The number of halogens is 1. The number of aromatic nitrogens is 1. The summed E-state index contributed by atoms with van der Waals surface area (Å²) in [5, 5.41) is 0.999. The summed E-state index contributed by atoms with van der Waals surface area (Å²) >= 11 is 4.21. The molecule has 0 radical (unpaired) electrons. The number of pyridine rings is 1. The van der Waals surface area contributed by atoms with E-state index >= 15 is 0 Å². The number of unbranched alkanes of at least 4 members (excludes halogenated alkanes) is 3. The monoisotopic (exact) mass is 403 g/mol. The van der Waals surface area contributed by atoms with E-state index in [0.29, 0.717) is 0 Å². The Balaban J connectivity index is 3.08. The third-order valence-corrected chi connectivity index (χ3v) is 20.8. The maximum atomic E-state index is 6.56. The zero-order chi connectivity index (χ0) is 14.8. The fraction of sp³-hybridized carbons (Fsp3) is 0.706. The van der Waals surface area contributed by atoms with Crippen molar-refractivity contribution < 1.29 is 0 Å². The SMILES string of the molecule is CCC[CH2][Sn]([CH2]CCC)([CH2]CCC)[c]1cnccc1Cl. The van der Waals surface area contributed by atoms with Crippen LogP contribution in [0.4, 0.5) is 0 Å². The van der Waals surface area contributed by atoms with E-state index in [9.17, 15) is 0 Å². The van der Waals surface area contributed by atoms with Crippen LogP contribution in [0, 0.1) is 0 Å². The van der Waals surface area contributed by atoms with Crippen LogP contribution >= 0.6 is 11.6 Å². The summed E-state index contributed by atoms with van der Waals surface area (Å²) in [6, 6.07) is 2.01. The molecule has 0 N–H and O–H groups in total. The van der Waals surface area contributed by atoms with Crippen molar-refractivity contribution in [1.29, 1.82) is 0 Å². The number of rotatable bonds is 10. The Morgan fingerprint density at radius 1 is 0.950 bits per heavy atom. The van der Waals surface area contributed by atoms with Crippen molar-refractivity contribution in [2.45, 2.75) is 72.6 Å². The predicted molar refractivity (Wildman–Crippen MR) is 93.8 cm³/mol. The van der Waals surface area contributed by atoms with Crippen LogP contribution in [-0.4, -0.2) is 23.4 Å². The molecule has 1 rings (SSSR count). The third kappa shape index (κ3) is 5.21. The normalized spacial score (nSPS) is 11.8. The van der Waals surface area contributed by atoms with E-state index in [1.165, 1.54) is 55.4 Å². The van der Waals surface area contributed by atoms with Gasteiger partial charge in [0.1, 0.15) is 0 Å². The first-order chi connectivity index (χ1) is 9.70. The quantitative estimate of drug-likeness (QED) is 0.451. The topological polar surface area (TPSA) is 12.9 Å². The van der Waals surface area contributed by atoms with Gasteiger partial charge in [-0.25, -0.2) is 0 Å². The Hall–Kier alpha value is 0.239. The maximum absolute atomic E-state index is 6.56. The molecule has 0 aliphatic heterocycles. The second-order valence-electron chi connectivity index (χ2n) is 5.95. The molecule has 1 aromatic heterocycles. The molecule has 0 saturated heterocycles. The van der Waals surface area contributed by atoms with E-state index in [0.717, 1.165) is 5.02 Å². The van der Waals surface area contributed by atoms with Crippen molar-refractivity contribution >= 4 is 33.6 Å². The van der Waals surface area contributed by atoms with Gasteiger partial charge >= 0.3 is 135 Å². The summed E-state index contributed by atoms with van der Waals surface area (Å²) in [5.41, 5.74) is 0. The Labute approximate surface area is 134 Å². The van der Waals surface area contributed by atoms with Crippen LogP contribution < -0.4 is 3.58 Å². The van der Waals surface area contributed by atoms with E-state index in [-0.39, 0.29) is 0 Å². The molecular weight excluding hydrogens is 372 g/mol. The zero-order valence-corrected chi connectivity index (χ0v) is 17.0. The second-order valence-corrected chi connectivity index (χ2v) is 19.5. The summed E-state index contributed by atoms with van der Waals surface area (Å²) < 4.78 is 5.86. The fourth-order valence-electron chi connectivity index (χ4n) is 3.09. The van der Waals surface area contributed by atoms with Crippen molar-refractivity contribution in [1.82, 2.24) is 4.98 Å². The number of hydrogen-bond donors (Lipinski definition) is 0. The molecule has 0 bridgehead atoms. The standard InChI is InChI=1S/C5H3ClN.3C4H9.Sn/c6-5-1-3-7-4-2-5;3*1-3-4-2;/h1,3-4H;3*1,3-4H2,2H3;. The van der Waals surface area contributed by atoms with Gasteiger partial charge in [0.25, 0.3) is 0 Å². The molecule has 0 atom stereocenters. The van der Waals surface area contributed by atoms with Gasteiger partial charge in [-0.3, -0.25) is 0 Å². The van der Waals surface area contributed by atoms with Gasteiger partial charge in [0.15, 0.2) is 0 Å². The van der Waals surface area contributed by atoms with Gasteiger partial charge in [-0.15, -0.1) is 0 Å². The van der Waals surface area contributed by atoms with Crippen LogP contribution in [0.25, 0.3) is 0 Å². The summed E-state index contributed by atoms with van der Waals surface area (Å²) in [6.07, 6.45) is 12.0. The second kappa shape index (κ2) is 10.0. The molecular formula is C17H30ClNSn. The molecule has 1 nitrogen and oxygen atoms in total. The fourth-order valence-corrected chi connectivity index (χ4v) is 20.5. The van der Waals surface area contributed by atoms with Gasteiger partial charge in [-0.1, -0.05) is 0 Å². The Morgan fingerprint density at radius 2 is 1.45 bits per heavy atom. The summed E-state index contributed by atoms with van der Waals surface area (Å²) in [6.45, 7) is 6.92. The molecule has 1 heterocycles. The predicted octanol–water partition coefficient (Wildman–Crippen LogP) is 5.79. The molecule has 0 fully saturated rings. The van der Waals surface area contributed by atoms with Gasteiger partial charge in [0, 0.05) is 0 Å². The van der Waals surface area contributed by atoms with Crippen molar-refractivity contribution in [3.05, 3.63) is 23.5 Å². The average Bonchev–Trinajstić information content (AvgIpc) is 2.48. The molecule has 0 saturated carbocycles. The van der Waals surface area contributed by atoms with Crippen LogP contribution in [-0.2, 0) is 0 Å². The number of hydrogen-bond acceptors (Lipinski definition) is 1. The van der Waals surface area contributed by atoms with E-state index in [1.54, 1.807) is 0 Å². The number of nitrogens with zero attached hydrogens (tertiary/aromatic N) is 1. The molecule has 0 spiro atoms. The first-order valence-corrected chi connectivity index (χ1v) is 16.2. The van der Waals surface area contributed by atoms with Gasteiger partial charge in [0.05, 0.1) is 0 Å². The Kier molecular flexibility index (Phi) is 9.19. The van der Waals surface area contributed by atoms with Gasteiger partial charge in [0.2, 0.25) is 0 Å². The van der Waals surface area contributed by atoms with Crippen molar-refractivity contribution in [3.8, 4) is 0 Å². The van der Waals surface area contributed by atoms with Crippen LogP contribution in [0.15, 0.2) is 18.5 Å². The molecule has 0 unspecified atom stereocenters. The summed E-state index contributed by atoms with van der Waals surface area (Å²) in [7, 11) is 0. The summed E-state index contributed by atoms with van der Waals surface area (Å²) in [5.74, 6) is 0. The Bertz CT molecular complexity index is 359. The van der Waals surface area contributed by atoms with Crippen molar-refractivity contribution in [3.63, 3.8) is 0 Å². The summed E-state index contributed by atoms with van der Waals surface area (Å²) in [4.78, 5) is 4.40. The minimum atomic E-state index is -2.35. The van der Waals surface area contributed by atoms with Crippen molar-refractivity contribution in [2.24, 2.45) is 0 Å². The molecule has 3 heteroatoms. The first-order valence-electron chi connectivity index (χ1n) is 8.30. The zero-order valence-electron chi connectivity index (χ0n) is 13.4. The molecule has 0 aliphatic carbocycles. The Morgan fingerprint density at radius 3 is 1.85 bits per heavy atom. The van der Waals surface area contributed by atoms with E-state index in [4.69, 9.17) is 11.6 Å². The minimum absolute atomic E-state index is 0.999. The molecule has 0 aliphatic rings. The van der Waals surface area contributed by atoms with Crippen molar-refractivity contribution in [2.75, 3.05) is 0 Å². The van der Waals surface area contributed by atoms with Crippen LogP contribution in [0.2, 0.25) is 18.3 Å². The molecule has 0 amide bonds. The van der Waals surface area contributed by atoms with E-state index < -0.39 is 18.4 Å². The van der Waals surface area contributed by atoms with E-state index in [1.807, 2.05) is 12.3 Å². The van der Waals surface area contributed by atoms with Gasteiger partial charge in [-0.2, -0.15) is 0 Å². The third-order valence-electron chi connectivity index (χ3n) is 4.37. The van der Waals surface area contributed by atoms with Crippen LogP contribution in [0.3, 0.4) is 0 Å². The van der Waals surface area contributed by atoms with Gasteiger partial charge in [-0.05, 0) is 0 Å². The average molecular weight is 403 g/mol. The molecule has 0 aromatic carbocycles. The van der Waals surface area contributed by atoms with Gasteiger partial charge < -0.3 is 0 Å². The van der Waals surface area contributed by atoms with Crippen LogP contribution in [0.1, 0.15) is 59.3 Å². The van der Waals surface area contributed by atoms with Crippen LogP contribution in [0.5, 0.6) is 0 Å². The molecule has 1 aromatic rings. The first kappa shape index (κ1) is 18.3.